The van der Waals surface area contributed by atoms with Crippen LogP contribution in [0.2, 0.25) is 0 Å². The van der Waals surface area contributed by atoms with Crippen molar-refractivity contribution in [3.8, 4) is 6.07 Å². The van der Waals surface area contributed by atoms with Gasteiger partial charge in [0.15, 0.2) is 5.78 Å². The van der Waals surface area contributed by atoms with Crippen LogP contribution in [0.3, 0.4) is 0 Å². The summed E-state index contributed by atoms with van der Waals surface area (Å²) >= 11 is 3.35. The number of carbonyl (C=O) groups is 1. The zero-order valence-corrected chi connectivity index (χ0v) is 12.8. The molecule has 2 aromatic rings. The number of nitrogens with zero attached hydrogens (tertiary/aromatic N) is 1. The monoisotopic (exact) mass is 341 g/mol. The van der Waals surface area contributed by atoms with Gasteiger partial charge in [0.1, 0.15) is 5.92 Å². The maximum absolute atomic E-state index is 12.6. The molecule has 1 atom stereocenters. The number of benzene rings is 2. The molecule has 4 heteroatoms. The van der Waals surface area contributed by atoms with Crippen molar-refractivity contribution >= 4 is 21.7 Å². The minimum absolute atomic E-state index is 0.172. The van der Waals surface area contributed by atoms with Crippen LogP contribution < -0.4 is 0 Å². The van der Waals surface area contributed by atoms with Crippen LogP contribution in [0, 0.1) is 11.3 Å². The maximum Gasteiger partial charge on any atom is 0.184 e. The lowest BCUT2D eigenvalue weighted by Gasteiger charge is -2.10. The molecule has 0 aliphatic carbocycles. The smallest absolute Gasteiger partial charge is 0.184 e. The van der Waals surface area contributed by atoms with Crippen LogP contribution in [0.1, 0.15) is 33.0 Å². The van der Waals surface area contributed by atoms with Crippen molar-refractivity contribution in [3.05, 3.63) is 69.2 Å². The highest BCUT2D eigenvalue weighted by atomic mass is 79.9. The fourth-order valence-electron chi connectivity index (χ4n) is 2.43. The van der Waals surface area contributed by atoms with Gasteiger partial charge in [-0.3, -0.25) is 4.79 Å². The summed E-state index contributed by atoms with van der Waals surface area (Å²) in [5.41, 5.74) is 3.42. The summed E-state index contributed by atoms with van der Waals surface area (Å²) in [4.78, 5) is 12.6. The number of Topliss-reactive ketones (excluding diaryl/α,β-unsaturated/α-hetero) is 1. The Hall–Kier alpha value is -1.96. The fourth-order valence-corrected chi connectivity index (χ4v) is 2.70. The quantitative estimate of drug-likeness (QED) is 0.793. The molecule has 0 amide bonds. The molecule has 21 heavy (non-hydrogen) atoms. The van der Waals surface area contributed by atoms with Crippen molar-refractivity contribution in [2.24, 2.45) is 0 Å². The van der Waals surface area contributed by atoms with Gasteiger partial charge < -0.3 is 4.74 Å². The van der Waals surface area contributed by atoms with E-state index in [1.165, 1.54) is 0 Å². The Bertz CT molecular complexity index is 731. The molecule has 2 aromatic carbocycles. The van der Waals surface area contributed by atoms with Gasteiger partial charge in [0.25, 0.3) is 0 Å². The van der Waals surface area contributed by atoms with Gasteiger partial charge in [-0.15, -0.1) is 0 Å². The Morgan fingerprint density at radius 3 is 2.57 bits per heavy atom. The molecule has 0 radical (unpaired) electrons. The van der Waals surface area contributed by atoms with Crippen LogP contribution in [0.4, 0.5) is 0 Å². The van der Waals surface area contributed by atoms with Crippen LogP contribution in [0.25, 0.3) is 0 Å². The van der Waals surface area contributed by atoms with E-state index in [4.69, 9.17) is 4.74 Å². The number of fused-ring (bicyclic) bond motifs is 1. The van der Waals surface area contributed by atoms with Gasteiger partial charge in [-0.05, 0) is 34.9 Å². The average Bonchev–Trinajstić information content (AvgIpc) is 2.97. The average molecular weight is 342 g/mol. The van der Waals surface area contributed by atoms with Crippen molar-refractivity contribution in [3.63, 3.8) is 0 Å². The van der Waals surface area contributed by atoms with E-state index in [2.05, 4.69) is 22.0 Å². The minimum Gasteiger partial charge on any atom is -0.372 e. The highest BCUT2D eigenvalue weighted by Gasteiger charge is 2.23. The predicted molar refractivity (Wildman–Crippen MR) is 81.8 cm³/mol. The number of nitriles is 1. The standard InChI is InChI=1S/C17H12BrNO2/c18-15-5-3-11(4-6-15)16(8-19)17(20)12-1-2-13-9-21-10-14(13)7-12/h1-7,16H,9-10H2. The Kier molecular flexibility index (Phi) is 3.87. The molecule has 1 unspecified atom stereocenters. The van der Waals surface area contributed by atoms with Crippen LogP contribution in [-0.4, -0.2) is 5.78 Å². The number of carbonyl (C=O) groups excluding carboxylic acids is 1. The maximum atomic E-state index is 12.6. The molecule has 0 fully saturated rings. The topological polar surface area (TPSA) is 50.1 Å². The largest absolute Gasteiger partial charge is 0.372 e. The number of ether oxygens (including phenoxy) is 1. The van der Waals surface area contributed by atoms with Crippen LogP contribution >= 0.6 is 15.9 Å². The van der Waals surface area contributed by atoms with E-state index < -0.39 is 5.92 Å². The summed E-state index contributed by atoms with van der Waals surface area (Å²) in [6.07, 6.45) is 0. The summed E-state index contributed by atoms with van der Waals surface area (Å²) in [5, 5.41) is 9.37. The molecule has 0 bridgehead atoms. The van der Waals surface area contributed by atoms with Gasteiger partial charge in [-0.1, -0.05) is 40.2 Å². The number of halogens is 1. The minimum atomic E-state index is -0.779. The van der Waals surface area contributed by atoms with E-state index >= 15 is 0 Å². The summed E-state index contributed by atoms with van der Waals surface area (Å²) in [5.74, 6) is -0.951. The molecule has 3 rings (SSSR count). The normalized spacial score (nSPS) is 14.3. The molecule has 0 spiro atoms. The molecule has 0 aromatic heterocycles. The van der Waals surface area contributed by atoms with Gasteiger partial charge in [0.2, 0.25) is 0 Å². The first-order chi connectivity index (χ1) is 10.2. The highest BCUT2D eigenvalue weighted by molar-refractivity contribution is 9.10. The van der Waals surface area contributed by atoms with Gasteiger partial charge in [-0.2, -0.15) is 5.26 Å². The van der Waals surface area contributed by atoms with Crippen LogP contribution in [0.15, 0.2) is 46.9 Å². The van der Waals surface area contributed by atoms with Crippen molar-refractivity contribution in [2.45, 2.75) is 19.1 Å². The number of ketones is 1. The molecule has 0 saturated carbocycles. The molecule has 1 heterocycles. The highest BCUT2D eigenvalue weighted by Crippen LogP contribution is 2.26. The van der Waals surface area contributed by atoms with Crippen molar-refractivity contribution in [1.29, 1.82) is 5.26 Å². The Labute approximate surface area is 131 Å². The second kappa shape index (κ2) is 5.80. The zero-order chi connectivity index (χ0) is 14.8. The van der Waals surface area contributed by atoms with Gasteiger partial charge in [0, 0.05) is 10.0 Å². The Morgan fingerprint density at radius 2 is 1.86 bits per heavy atom. The summed E-state index contributed by atoms with van der Waals surface area (Å²) in [7, 11) is 0. The molecule has 1 aliphatic heterocycles. The van der Waals surface area contributed by atoms with Crippen molar-refractivity contribution in [1.82, 2.24) is 0 Å². The SMILES string of the molecule is N#CC(C(=O)c1ccc2c(c1)COC2)c1ccc(Br)cc1. The number of hydrogen-bond donors (Lipinski definition) is 0. The fraction of sp³-hybridized carbons (Fsp3) is 0.176. The van der Waals surface area contributed by atoms with Crippen molar-refractivity contribution < 1.29 is 9.53 Å². The second-order valence-corrected chi connectivity index (χ2v) is 5.87. The van der Waals surface area contributed by atoms with E-state index in [9.17, 15) is 10.1 Å². The third-order valence-corrected chi connectivity index (χ3v) is 4.13. The van der Waals surface area contributed by atoms with Crippen LogP contribution in [-0.2, 0) is 18.0 Å². The molecule has 3 nitrogen and oxygen atoms in total. The van der Waals surface area contributed by atoms with Gasteiger partial charge in [-0.25, -0.2) is 0 Å². The van der Waals surface area contributed by atoms with E-state index in [-0.39, 0.29) is 5.78 Å². The number of rotatable bonds is 3. The molecule has 104 valence electrons. The summed E-state index contributed by atoms with van der Waals surface area (Å²) < 4.78 is 6.27. The Balaban J connectivity index is 1.92. The van der Waals surface area contributed by atoms with Gasteiger partial charge in [0.05, 0.1) is 19.3 Å². The first kappa shape index (κ1) is 14.0. The van der Waals surface area contributed by atoms with E-state index in [0.29, 0.717) is 24.3 Å². The zero-order valence-electron chi connectivity index (χ0n) is 11.2. The Morgan fingerprint density at radius 1 is 1.14 bits per heavy atom. The second-order valence-electron chi connectivity index (χ2n) is 4.95. The molecule has 0 saturated heterocycles. The first-order valence-corrected chi connectivity index (χ1v) is 7.37. The third kappa shape index (κ3) is 2.76. The van der Waals surface area contributed by atoms with Crippen molar-refractivity contribution in [2.75, 3.05) is 0 Å². The molecular formula is C17H12BrNO2. The molecule has 0 N–H and O–H groups in total. The molecular weight excluding hydrogens is 330 g/mol. The van der Waals surface area contributed by atoms with E-state index in [1.807, 2.05) is 24.3 Å². The van der Waals surface area contributed by atoms with Gasteiger partial charge >= 0.3 is 0 Å². The lowest BCUT2D eigenvalue weighted by atomic mass is 9.91. The van der Waals surface area contributed by atoms with E-state index in [1.54, 1.807) is 18.2 Å². The number of hydrogen-bond acceptors (Lipinski definition) is 3. The van der Waals surface area contributed by atoms with E-state index in [0.717, 1.165) is 15.6 Å². The predicted octanol–water partition coefficient (Wildman–Crippen LogP) is 3.97. The third-order valence-electron chi connectivity index (χ3n) is 3.60. The lowest BCUT2D eigenvalue weighted by molar-refractivity contribution is 0.0978. The lowest BCUT2D eigenvalue weighted by Crippen LogP contribution is -2.11. The molecule has 1 aliphatic rings. The summed E-state index contributed by atoms with van der Waals surface area (Å²) in [6, 6.07) is 14.9. The summed E-state index contributed by atoms with van der Waals surface area (Å²) in [6.45, 7) is 1.13. The first-order valence-electron chi connectivity index (χ1n) is 6.58. The van der Waals surface area contributed by atoms with Crippen LogP contribution in [0.5, 0.6) is 0 Å².